The topological polar surface area (TPSA) is 65.7 Å². The average Bonchev–Trinajstić information content (AvgIpc) is 3.08. The summed E-state index contributed by atoms with van der Waals surface area (Å²) in [5, 5.41) is 5.08. The Morgan fingerprint density at radius 2 is 2.18 bits per heavy atom. The molecule has 28 heavy (non-hydrogen) atoms. The minimum Gasteiger partial charge on any atom is -0.493 e. The van der Waals surface area contributed by atoms with E-state index >= 15 is 0 Å². The molecule has 0 unspecified atom stereocenters. The number of hydrogen-bond acceptors (Lipinski definition) is 6. The number of halogens is 1. The number of ether oxygens (including phenoxy) is 2. The van der Waals surface area contributed by atoms with Gasteiger partial charge in [-0.3, -0.25) is 4.79 Å². The third-order valence-electron chi connectivity index (χ3n) is 4.73. The molecule has 1 aliphatic carbocycles. The van der Waals surface area contributed by atoms with E-state index in [2.05, 4.69) is 26.0 Å². The zero-order chi connectivity index (χ0) is 19.7. The van der Waals surface area contributed by atoms with Gasteiger partial charge in [-0.1, -0.05) is 0 Å². The van der Waals surface area contributed by atoms with E-state index in [1.54, 1.807) is 24.7 Å². The third kappa shape index (κ3) is 3.46. The molecule has 0 atom stereocenters. The largest absolute Gasteiger partial charge is 0.493 e. The Morgan fingerprint density at radius 3 is 2.96 bits per heavy atom. The molecule has 146 valence electrons. The molecular weight excluding hydrogens is 442 g/mol. The molecule has 2 heterocycles. The van der Waals surface area contributed by atoms with Crippen molar-refractivity contribution in [2.45, 2.75) is 32.6 Å². The first-order valence-electron chi connectivity index (χ1n) is 9.19. The van der Waals surface area contributed by atoms with Crippen molar-refractivity contribution in [2.24, 2.45) is 5.10 Å². The lowest BCUT2D eigenvalue weighted by atomic mass is 9.97. The Bertz CT molecular complexity index is 1120. The van der Waals surface area contributed by atoms with E-state index in [0.717, 1.165) is 39.5 Å². The van der Waals surface area contributed by atoms with Crippen LogP contribution in [0.2, 0.25) is 0 Å². The number of hydrogen-bond donors (Lipinski definition) is 0. The standard InChI is InChI=1S/C20H20BrN3O3S/c1-3-27-18-14(21)8-12(9-15(18)26-2)10-23-24-11-22-19-17(20(24)25)13-6-4-5-7-16(13)28-19/h8-11H,3-7H2,1-2H3/b23-10+. The molecule has 1 aromatic carbocycles. The normalized spacial score (nSPS) is 13.8. The first kappa shape index (κ1) is 19.1. The van der Waals surface area contributed by atoms with Gasteiger partial charge in [-0.05, 0) is 71.8 Å². The van der Waals surface area contributed by atoms with Crippen LogP contribution in [0.25, 0.3) is 10.2 Å². The van der Waals surface area contributed by atoms with Crippen LogP contribution in [-0.4, -0.2) is 29.6 Å². The Labute approximate surface area is 174 Å². The van der Waals surface area contributed by atoms with E-state index in [9.17, 15) is 4.79 Å². The molecule has 0 aliphatic heterocycles. The van der Waals surface area contributed by atoms with Crippen LogP contribution in [0.5, 0.6) is 11.5 Å². The fourth-order valence-corrected chi connectivity index (χ4v) is 5.24. The van der Waals surface area contributed by atoms with Crippen molar-refractivity contribution in [1.29, 1.82) is 0 Å². The highest BCUT2D eigenvalue weighted by Crippen LogP contribution is 2.36. The number of nitrogens with zero attached hydrogens (tertiary/aromatic N) is 3. The Balaban J connectivity index is 1.72. The summed E-state index contributed by atoms with van der Waals surface area (Å²) in [5.41, 5.74) is 1.84. The molecule has 0 saturated heterocycles. The molecule has 6 nitrogen and oxygen atoms in total. The molecule has 0 bridgehead atoms. The van der Waals surface area contributed by atoms with Crippen LogP contribution in [0.1, 0.15) is 35.8 Å². The number of rotatable bonds is 5. The summed E-state index contributed by atoms with van der Waals surface area (Å²) in [6.07, 6.45) is 7.40. The van der Waals surface area contributed by atoms with Gasteiger partial charge in [0.1, 0.15) is 11.2 Å². The number of thiophene rings is 1. The minimum atomic E-state index is -0.113. The molecule has 0 fully saturated rings. The van der Waals surface area contributed by atoms with Gasteiger partial charge in [0.2, 0.25) is 0 Å². The SMILES string of the molecule is CCOc1c(Br)cc(/C=N/n2cnc3sc4c(c3c2=O)CCCC4)cc1OC. The van der Waals surface area contributed by atoms with Crippen LogP contribution < -0.4 is 15.0 Å². The van der Waals surface area contributed by atoms with Crippen LogP contribution >= 0.6 is 27.3 Å². The second kappa shape index (κ2) is 8.05. The Morgan fingerprint density at radius 1 is 1.36 bits per heavy atom. The van der Waals surface area contributed by atoms with Crippen LogP contribution in [0.15, 0.2) is 32.8 Å². The number of benzene rings is 1. The van der Waals surface area contributed by atoms with Crippen molar-refractivity contribution in [2.75, 3.05) is 13.7 Å². The van der Waals surface area contributed by atoms with Gasteiger partial charge in [-0.25, -0.2) is 4.98 Å². The lowest BCUT2D eigenvalue weighted by molar-refractivity contribution is 0.309. The molecule has 3 aromatic rings. The molecule has 0 N–H and O–H groups in total. The molecule has 0 spiro atoms. The maximum atomic E-state index is 13.0. The van der Waals surface area contributed by atoms with Crippen molar-refractivity contribution in [3.05, 3.63) is 49.3 Å². The zero-order valence-corrected chi connectivity index (χ0v) is 18.1. The highest BCUT2D eigenvalue weighted by atomic mass is 79.9. The van der Waals surface area contributed by atoms with E-state index in [1.165, 1.54) is 27.9 Å². The van der Waals surface area contributed by atoms with Gasteiger partial charge < -0.3 is 9.47 Å². The molecule has 0 radical (unpaired) electrons. The van der Waals surface area contributed by atoms with Crippen molar-refractivity contribution >= 4 is 43.7 Å². The maximum Gasteiger partial charge on any atom is 0.282 e. The van der Waals surface area contributed by atoms with Crippen LogP contribution in [0.3, 0.4) is 0 Å². The molecule has 0 saturated carbocycles. The lowest BCUT2D eigenvalue weighted by Crippen LogP contribution is -2.18. The van der Waals surface area contributed by atoms with Gasteiger partial charge in [0.05, 0.1) is 29.8 Å². The average molecular weight is 462 g/mol. The number of fused-ring (bicyclic) bond motifs is 3. The van der Waals surface area contributed by atoms with E-state index in [4.69, 9.17) is 9.47 Å². The van der Waals surface area contributed by atoms with E-state index in [-0.39, 0.29) is 5.56 Å². The van der Waals surface area contributed by atoms with Gasteiger partial charge in [0, 0.05) is 4.88 Å². The monoisotopic (exact) mass is 461 g/mol. The summed E-state index contributed by atoms with van der Waals surface area (Å²) in [6, 6.07) is 3.70. The summed E-state index contributed by atoms with van der Waals surface area (Å²) >= 11 is 5.14. The predicted octanol–water partition coefficient (Wildman–Crippen LogP) is 4.39. The zero-order valence-electron chi connectivity index (χ0n) is 15.7. The lowest BCUT2D eigenvalue weighted by Gasteiger charge is -2.12. The van der Waals surface area contributed by atoms with Gasteiger partial charge >= 0.3 is 0 Å². The summed E-state index contributed by atoms with van der Waals surface area (Å²) in [7, 11) is 1.59. The van der Waals surface area contributed by atoms with Crippen molar-refractivity contribution < 1.29 is 9.47 Å². The first-order valence-corrected chi connectivity index (χ1v) is 10.8. The Kier molecular flexibility index (Phi) is 5.50. The molecule has 1 aliphatic rings. The predicted molar refractivity (Wildman–Crippen MR) is 115 cm³/mol. The van der Waals surface area contributed by atoms with E-state index in [1.807, 2.05) is 19.1 Å². The van der Waals surface area contributed by atoms with Crippen LogP contribution in [0, 0.1) is 0 Å². The van der Waals surface area contributed by atoms with Gasteiger partial charge in [-0.2, -0.15) is 9.78 Å². The third-order valence-corrected chi connectivity index (χ3v) is 6.52. The fraction of sp³-hybridized carbons (Fsp3) is 0.350. The number of methoxy groups -OCH3 is 1. The van der Waals surface area contributed by atoms with Gasteiger partial charge in [0.15, 0.2) is 11.5 Å². The summed E-state index contributed by atoms with van der Waals surface area (Å²) in [4.78, 5) is 19.5. The summed E-state index contributed by atoms with van der Waals surface area (Å²) in [5.74, 6) is 1.25. The summed E-state index contributed by atoms with van der Waals surface area (Å²) in [6.45, 7) is 2.45. The minimum absolute atomic E-state index is 0.113. The molecule has 0 amide bonds. The Hall–Kier alpha value is -2.19. The highest BCUT2D eigenvalue weighted by Gasteiger charge is 2.19. The number of aryl methyl sites for hydroxylation is 2. The van der Waals surface area contributed by atoms with Gasteiger partial charge in [0.25, 0.3) is 5.56 Å². The van der Waals surface area contributed by atoms with Crippen molar-refractivity contribution in [3.8, 4) is 11.5 Å². The van der Waals surface area contributed by atoms with Crippen LogP contribution in [0.4, 0.5) is 0 Å². The quantitative estimate of drug-likeness (QED) is 0.528. The van der Waals surface area contributed by atoms with Crippen molar-refractivity contribution in [1.82, 2.24) is 9.66 Å². The molecule has 8 heteroatoms. The van der Waals surface area contributed by atoms with Gasteiger partial charge in [-0.15, -0.1) is 11.3 Å². The first-order chi connectivity index (χ1) is 13.6. The van der Waals surface area contributed by atoms with Crippen LogP contribution in [-0.2, 0) is 12.8 Å². The summed E-state index contributed by atoms with van der Waals surface area (Å²) < 4.78 is 13.1. The second-order valence-corrected chi connectivity index (χ2v) is 8.43. The van der Waals surface area contributed by atoms with Crippen molar-refractivity contribution in [3.63, 3.8) is 0 Å². The number of aromatic nitrogens is 2. The smallest absolute Gasteiger partial charge is 0.282 e. The second-order valence-electron chi connectivity index (χ2n) is 6.50. The molecular formula is C20H20BrN3O3S. The van der Waals surface area contributed by atoms with E-state index in [0.29, 0.717) is 18.1 Å². The molecule has 2 aromatic heterocycles. The fourth-order valence-electron chi connectivity index (χ4n) is 3.45. The molecule has 4 rings (SSSR count). The maximum absolute atomic E-state index is 13.0. The van der Waals surface area contributed by atoms with E-state index < -0.39 is 0 Å². The highest BCUT2D eigenvalue weighted by molar-refractivity contribution is 9.10.